The number of benzene rings is 2. The minimum Gasteiger partial charge on any atom is -0.495 e. The molecule has 6 heteroatoms. The fourth-order valence-corrected chi connectivity index (χ4v) is 3.72. The standard InChI is InChI=1S/C23H32N4O2/c1-25(2)20-11-9-18(10-12-20)16-26(3)23(28)24-15-19-13-14-27(17-19)21-7-5-6-8-22(21)29-4/h5-12,19H,13-17H2,1-4H3,(H,24,28). The van der Waals surface area contributed by atoms with Crippen molar-refractivity contribution >= 4 is 17.4 Å². The Morgan fingerprint density at radius 1 is 1.14 bits per heavy atom. The fourth-order valence-electron chi connectivity index (χ4n) is 3.72. The highest BCUT2D eigenvalue weighted by molar-refractivity contribution is 5.73. The Kier molecular flexibility index (Phi) is 6.86. The molecule has 0 spiro atoms. The summed E-state index contributed by atoms with van der Waals surface area (Å²) in [6, 6.07) is 16.4. The second kappa shape index (κ2) is 9.54. The van der Waals surface area contributed by atoms with Gasteiger partial charge in [0, 0.05) is 53.0 Å². The van der Waals surface area contributed by atoms with Crippen molar-refractivity contribution in [2.45, 2.75) is 13.0 Å². The van der Waals surface area contributed by atoms with Crippen molar-refractivity contribution in [2.24, 2.45) is 5.92 Å². The second-order valence-electron chi connectivity index (χ2n) is 7.88. The summed E-state index contributed by atoms with van der Waals surface area (Å²) in [5.74, 6) is 1.34. The first-order valence-electron chi connectivity index (χ1n) is 10.1. The van der Waals surface area contributed by atoms with Crippen LogP contribution in [0.3, 0.4) is 0 Å². The van der Waals surface area contributed by atoms with Gasteiger partial charge in [-0.25, -0.2) is 4.79 Å². The lowest BCUT2D eigenvalue weighted by Gasteiger charge is -2.22. The third-order valence-corrected chi connectivity index (χ3v) is 5.47. The first-order chi connectivity index (χ1) is 14.0. The van der Waals surface area contributed by atoms with E-state index in [-0.39, 0.29) is 6.03 Å². The van der Waals surface area contributed by atoms with Crippen LogP contribution in [0.2, 0.25) is 0 Å². The molecule has 6 nitrogen and oxygen atoms in total. The summed E-state index contributed by atoms with van der Waals surface area (Å²) in [6.07, 6.45) is 1.06. The summed E-state index contributed by atoms with van der Waals surface area (Å²) < 4.78 is 5.48. The minimum absolute atomic E-state index is 0.0302. The van der Waals surface area contributed by atoms with E-state index in [0.717, 1.165) is 42.2 Å². The number of carbonyl (C=O) groups excluding carboxylic acids is 1. The summed E-state index contributed by atoms with van der Waals surface area (Å²) in [6.45, 7) is 3.19. The van der Waals surface area contributed by atoms with Crippen LogP contribution in [0, 0.1) is 5.92 Å². The summed E-state index contributed by atoms with van der Waals surface area (Å²) in [4.78, 5) is 18.6. The molecule has 2 aromatic carbocycles. The average Bonchev–Trinajstić information content (AvgIpc) is 3.21. The van der Waals surface area contributed by atoms with E-state index in [1.54, 1.807) is 12.0 Å². The van der Waals surface area contributed by atoms with Crippen LogP contribution in [0.4, 0.5) is 16.2 Å². The predicted octanol–water partition coefficient (Wildman–Crippen LogP) is 3.43. The lowest BCUT2D eigenvalue weighted by atomic mass is 10.1. The molecule has 0 aromatic heterocycles. The van der Waals surface area contributed by atoms with Gasteiger partial charge in [-0.15, -0.1) is 0 Å². The quantitative estimate of drug-likeness (QED) is 0.779. The van der Waals surface area contributed by atoms with Gasteiger partial charge >= 0.3 is 6.03 Å². The maximum atomic E-state index is 12.5. The van der Waals surface area contributed by atoms with Crippen molar-refractivity contribution in [3.63, 3.8) is 0 Å². The molecule has 0 saturated carbocycles. The number of anilines is 2. The van der Waals surface area contributed by atoms with Gasteiger partial charge in [-0.3, -0.25) is 0 Å². The van der Waals surface area contributed by atoms with Crippen molar-refractivity contribution in [2.75, 3.05) is 57.7 Å². The number of hydrogen-bond donors (Lipinski definition) is 1. The van der Waals surface area contributed by atoms with Crippen LogP contribution in [-0.4, -0.2) is 58.8 Å². The SMILES string of the molecule is COc1ccccc1N1CCC(CNC(=O)N(C)Cc2ccc(N(C)C)cc2)C1. The molecule has 156 valence electrons. The summed E-state index contributed by atoms with van der Waals surface area (Å²) >= 11 is 0. The molecule has 0 bridgehead atoms. The van der Waals surface area contributed by atoms with Crippen molar-refractivity contribution in [1.29, 1.82) is 0 Å². The smallest absolute Gasteiger partial charge is 0.317 e. The molecule has 3 rings (SSSR count). The Morgan fingerprint density at radius 3 is 2.55 bits per heavy atom. The summed E-state index contributed by atoms with van der Waals surface area (Å²) in [5, 5.41) is 3.10. The average molecular weight is 397 g/mol. The zero-order valence-corrected chi connectivity index (χ0v) is 17.9. The lowest BCUT2D eigenvalue weighted by molar-refractivity contribution is 0.205. The minimum atomic E-state index is -0.0302. The molecule has 1 unspecified atom stereocenters. The summed E-state index contributed by atoms with van der Waals surface area (Å²) in [5.41, 5.74) is 3.40. The Morgan fingerprint density at radius 2 is 1.86 bits per heavy atom. The van der Waals surface area contributed by atoms with Crippen molar-refractivity contribution in [1.82, 2.24) is 10.2 Å². The topological polar surface area (TPSA) is 48.1 Å². The highest BCUT2D eigenvalue weighted by Crippen LogP contribution is 2.31. The highest BCUT2D eigenvalue weighted by atomic mass is 16.5. The number of methoxy groups -OCH3 is 1. The molecule has 1 atom stereocenters. The van der Waals surface area contributed by atoms with Gasteiger partial charge in [0.25, 0.3) is 0 Å². The molecule has 1 fully saturated rings. The number of ether oxygens (including phenoxy) is 1. The van der Waals surface area contributed by atoms with Gasteiger partial charge in [0.1, 0.15) is 5.75 Å². The zero-order chi connectivity index (χ0) is 20.8. The molecule has 2 aromatic rings. The maximum Gasteiger partial charge on any atom is 0.317 e. The van der Waals surface area contributed by atoms with Crippen LogP contribution >= 0.6 is 0 Å². The molecule has 1 heterocycles. The molecule has 1 N–H and O–H groups in total. The Labute approximate surface area is 174 Å². The van der Waals surface area contributed by atoms with Gasteiger partial charge in [0.2, 0.25) is 0 Å². The first kappa shape index (κ1) is 20.8. The third kappa shape index (κ3) is 5.34. The van der Waals surface area contributed by atoms with Crippen LogP contribution in [0.5, 0.6) is 5.75 Å². The van der Waals surface area contributed by atoms with Crippen molar-refractivity contribution < 1.29 is 9.53 Å². The van der Waals surface area contributed by atoms with Crippen LogP contribution < -0.4 is 19.9 Å². The Bertz CT molecular complexity index is 807. The van der Waals surface area contributed by atoms with Crippen LogP contribution in [0.1, 0.15) is 12.0 Å². The van der Waals surface area contributed by atoms with Crippen molar-refractivity contribution in [3.8, 4) is 5.75 Å². The van der Waals surface area contributed by atoms with E-state index in [0.29, 0.717) is 19.0 Å². The second-order valence-corrected chi connectivity index (χ2v) is 7.88. The number of urea groups is 1. The Balaban J connectivity index is 1.46. The number of nitrogens with zero attached hydrogens (tertiary/aromatic N) is 3. The van der Waals surface area contributed by atoms with E-state index in [9.17, 15) is 4.79 Å². The molecule has 1 saturated heterocycles. The number of amides is 2. The van der Waals surface area contributed by atoms with Gasteiger partial charge < -0.3 is 24.8 Å². The van der Waals surface area contributed by atoms with Gasteiger partial charge in [0.05, 0.1) is 12.8 Å². The van der Waals surface area contributed by atoms with Gasteiger partial charge in [-0.2, -0.15) is 0 Å². The normalized spacial score (nSPS) is 15.9. The molecule has 1 aliphatic rings. The predicted molar refractivity (Wildman–Crippen MR) is 119 cm³/mol. The van der Waals surface area contributed by atoms with E-state index in [4.69, 9.17) is 4.74 Å². The van der Waals surface area contributed by atoms with Gasteiger partial charge in [-0.1, -0.05) is 24.3 Å². The summed E-state index contributed by atoms with van der Waals surface area (Å²) in [7, 11) is 7.58. The van der Waals surface area contributed by atoms with Gasteiger partial charge in [0.15, 0.2) is 0 Å². The molecule has 0 aliphatic carbocycles. The number of para-hydroxylation sites is 2. The van der Waals surface area contributed by atoms with Gasteiger partial charge in [-0.05, 0) is 42.2 Å². The van der Waals surface area contributed by atoms with E-state index >= 15 is 0 Å². The number of rotatable bonds is 7. The van der Waals surface area contributed by atoms with E-state index in [1.807, 2.05) is 39.3 Å². The van der Waals surface area contributed by atoms with E-state index in [2.05, 4.69) is 45.4 Å². The molecule has 2 amide bonds. The molecule has 1 aliphatic heterocycles. The van der Waals surface area contributed by atoms with Crippen LogP contribution in [-0.2, 0) is 6.54 Å². The molecule has 29 heavy (non-hydrogen) atoms. The maximum absolute atomic E-state index is 12.5. The van der Waals surface area contributed by atoms with Crippen molar-refractivity contribution in [3.05, 3.63) is 54.1 Å². The zero-order valence-electron chi connectivity index (χ0n) is 17.9. The van der Waals surface area contributed by atoms with E-state index < -0.39 is 0 Å². The third-order valence-electron chi connectivity index (χ3n) is 5.47. The fraction of sp³-hybridized carbons (Fsp3) is 0.435. The number of nitrogens with one attached hydrogen (secondary N) is 1. The van der Waals surface area contributed by atoms with Crippen LogP contribution in [0.25, 0.3) is 0 Å². The molecular weight excluding hydrogens is 364 g/mol. The lowest BCUT2D eigenvalue weighted by Crippen LogP contribution is -2.39. The monoisotopic (exact) mass is 396 g/mol. The molecular formula is C23H32N4O2. The largest absolute Gasteiger partial charge is 0.495 e. The highest BCUT2D eigenvalue weighted by Gasteiger charge is 2.25. The Hall–Kier alpha value is -2.89. The number of carbonyl (C=O) groups is 1. The van der Waals surface area contributed by atoms with Crippen LogP contribution in [0.15, 0.2) is 48.5 Å². The first-order valence-corrected chi connectivity index (χ1v) is 10.1. The number of hydrogen-bond acceptors (Lipinski definition) is 4. The van der Waals surface area contributed by atoms with E-state index in [1.165, 1.54) is 0 Å². The molecule has 0 radical (unpaired) electrons.